The molecular formula is C60H41N5. The highest BCUT2D eigenvalue weighted by Gasteiger charge is 2.36. The highest BCUT2D eigenvalue weighted by Crippen LogP contribution is 2.51. The summed E-state index contributed by atoms with van der Waals surface area (Å²) in [5.41, 5.74) is 17.2. The molecule has 13 rings (SSSR count). The van der Waals surface area contributed by atoms with Gasteiger partial charge in [0.2, 0.25) is 0 Å². The predicted molar refractivity (Wildman–Crippen MR) is 268 cm³/mol. The van der Waals surface area contributed by atoms with Gasteiger partial charge in [-0.2, -0.15) is 0 Å². The summed E-state index contributed by atoms with van der Waals surface area (Å²) < 4.78 is 4.74. The lowest BCUT2D eigenvalue weighted by Crippen LogP contribution is -2.14. The van der Waals surface area contributed by atoms with Crippen molar-refractivity contribution in [2.45, 2.75) is 19.3 Å². The minimum Gasteiger partial charge on any atom is -0.309 e. The first-order valence-corrected chi connectivity index (χ1v) is 22.3. The summed E-state index contributed by atoms with van der Waals surface area (Å²) in [6, 6.07) is 75.9. The van der Waals surface area contributed by atoms with Gasteiger partial charge in [0.1, 0.15) is 0 Å². The summed E-state index contributed by atoms with van der Waals surface area (Å²) in [5, 5.41) is 4.95. The van der Waals surface area contributed by atoms with Gasteiger partial charge in [-0.15, -0.1) is 0 Å². The molecule has 12 aromatic rings. The van der Waals surface area contributed by atoms with Crippen LogP contribution in [0.1, 0.15) is 25.0 Å². The van der Waals surface area contributed by atoms with Crippen molar-refractivity contribution in [3.8, 4) is 67.8 Å². The largest absolute Gasteiger partial charge is 0.309 e. The Kier molecular flexibility index (Phi) is 8.18. The van der Waals surface area contributed by atoms with Gasteiger partial charge in [0, 0.05) is 55.0 Å². The molecule has 0 fully saturated rings. The Balaban J connectivity index is 0.951. The van der Waals surface area contributed by atoms with Crippen LogP contribution >= 0.6 is 0 Å². The molecule has 0 aliphatic heterocycles. The molecule has 5 heteroatoms. The summed E-state index contributed by atoms with van der Waals surface area (Å²) in [6.07, 6.45) is 0. The summed E-state index contributed by atoms with van der Waals surface area (Å²) in [5.74, 6) is 1.85. The van der Waals surface area contributed by atoms with E-state index in [9.17, 15) is 0 Å². The van der Waals surface area contributed by atoms with Crippen LogP contribution in [-0.4, -0.2) is 24.1 Å². The van der Waals surface area contributed by atoms with Crippen molar-refractivity contribution in [1.82, 2.24) is 24.1 Å². The van der Waals surface area contributed by atoms with Crippen LogP contribution in [0.2, 0.25) is 0 Å². The molecular weight excluding hydrogens is 791 g/mol. The second-order valence-corrected chi connectivity index (χ2v) is 17.7. The van der Waals surface area contributed by atoms with Crippen molar-refractivity contribution in [3.63, 3.8) is 0 Å². The summed E-state index contributed by atoms with van der Waals surface area (Å²) in [7, 11) is 0. The van der Waals surface area contributed by atoms with Crippen molar-refractivity contribution in [1.29, 1.82) is 0 Å². The second kappa shape index (κ2) is 14.3. The van der Waals surface area contributed by atoms with Crippen LogP contribution < -0.4 is 0 Å². The normalized spacial score (nSPS) is 12.9. The SMILES string of the molecule is CC1(C)c2ccccc2-c2cc3c(cc21)c1ccccc1n3-c1ccc(-c2nc(-c3ccc(-c4ccccc4)cc3)nc(-c3cccc(-n4c5ccccc5c5ccccc54)c3)n2)cc1. The van der Waals surface area contributed by atoms with Gasteiger partial charge in [-0.1, -0.05) is 159 Å². The molecule has 0 amide bonds. The van der Waals surface area contributed by atoms with Crippen LogP contribution in [0, 0.1) is 0 Å². The first-order chi connectivity index (χ1) is 32.0. The first-order valence-electron chi connectivity index (χ1n) is 22.3. The lowest BCUT2D eigenvalue weighted by Gasteiger charge is -2.21. The van der Waals surface area contributed by atoms with Gasteiger partial charge < -0.3 is 9.13 Å². The number of para-hydroxylation sites is 3. The standard InChI is InChI=1S/C60H41N5/c1-60(2)51-23-10-6-19-45(51)49-37-56-50(36-52(49)60)48-22-9-13-26-55(48)64(56)43-33-31-41(32-34-43)58-61-57(40-29-27-39(28-30-40)38-15-4-3-5-16-38)62-59(63-58)42-17-14-18-44(35-42)65-53-24-11-7-20-46(53)47-21-8-12-25-54(47)65/h3-37H,1-2H3. The fourth-order valence-electron chi connectivity index (χ4n) is 10.4. The number of benzene rings is 9. The molecule has 0 saturated heterocycles. The molecule has 0 spiro atoms. The molecule has 1 aliphatic carbocycles. The smallest absolute Gasteiger partial charge is 0.164 e. The van der Waals surface area contributed by atoms with Gasteiger partial charge in [-0.25, -0.2) is 15.0 Å². The maximum Gasteiger partial charge on any atom is 0.164 e. The number of nitrogens with zero attached hydrogens (tertiary/aromatic N) is 5. The maximum atomic E-state index is 5.24. The molecule has 3 aromatic heterocycles. The molecule has 0 unspecified atom stereocenters. The Bertz CT molecular complexity index is 3780. The monoisotopic (exact) mass is 831 g/mol. The van der Waals surface area contributed by atoms with Gasteiger partial charge in [-0.3, -0.25) is 0 Å². The van der Waals surface area contributed by atoms with Crippen LogP contribution in [0.4, 0.5) is 0 Å². The predicted octanol–water partition coefficient (Wildman–Crippen LogP) is 15.0. The van der Waals surface area contributed by atoms with E-state index in [0.29, 0.717) is 17.5 Å². The van der Waals surface area contributed by atoms with Crippen LogP contribution in [-0.2, 0) is 5.41 Å². The Hall–Kier alpha value is -8.41. The Morgan fingerprint density at radius 1 is 0.308 bits per heavy atom. The van der Waals surface area contributed by atoms with Crippen molar-refractivity contribution in [2.24, 2.45) is 0 Å². The molecule has 306 valence electrons. The molecule has 0 saturated carbocycles. The Morgan fingerprint density at radius 3 is 1.43 bits per heavy atom. The van der Waals surface area contributed by atoms with Crippen molar-refractivity contribution >= 4 is 43.6 Å². The summed E-state index contributed by atoms with van der Waals surface area (Å²) in [4.78, 5) is 15.6. The van der Waals surface area contributed by atoms with E-state index in [1.54, 1.807) is 0 Å². The van der Waals surface area contributed by atoms with E-state index >= 15 is 0 Å². The fourth-order valence-corrected chi connectivity index (χ4v) is 10.4. The molecule has 1 aliphatic rings. The van der Waals surface area contributed by atoms with E-state index in [0.717, 1.165) is 44.7 Å². The zero-order valence-corrected chi connectivity index (χ0v) is 35.9. The second-order valence-electron chi connectivity index (χ2n) is 17.7. The average molecular weight is 832 g/mol. The van der Waals surface area contributed by atoms with Gasteiger partial charge in [0.05, 0.1) is 22.1 Å². The Labute approximate surface area is 376 Å². The minimum atomic E-state index is -0.0799. The van der Waals surface area contributed by atoms with Crippen molar-refractivity contribution in [2.75, 3.05) is 0 Å². The fraction of sp³-hybridized carbons (Fsp3) is 0.0500. The highest BCUT2D eigenvalue weighted by atomic mass is 15.0. The van der Waals surface area contributed by atoms with Gasteiger partial charge in [0.25, 0.3) is 0 Å². The van der Waals surface area contributed by atoms with E-state index < -0.39 is 0 Å². The first kappa shape index (κ1) is 37.2. The van der Waals surface area contributed by atoms with Crippen LogP contribution in [0.25, 0.3) is 111 Å². The lowest BCUT2D eigenvalue weighted by atomic mass is 9.82. The van der Waals surface area contributed by atoms with Crippen molar-refractivity contribution < 1.29 is 0 Å². The zero-order chi connectivity index (χ0) is 43.2. The average Bonchev–Trinajstić information content (AvgIpc) is 3.96. The van der Waals surface area contributed by atoms with Gasteiger partial charge in [0.15, 0.2) is 17.5 Å². The third-order valence-corrected chi connectivity index (χ3v) is 13.6. The number of aromatic nitrogens is 5. The quantitative estimate of drug-likeness (QED) is 0.168. The number of rotatable bonds is 6. The topological polar surface area (TPSA) is 48.5 Å². The molecule has 0 radical (unpaired) electrons. The molecule has 0 bridgehead atoms. The zero-order valence-electron chi connectivity index (χ0n) is 35.9. The van der Waals surface area contributed by atoms with Crippen LogP contribution in [0.5, 0.6) is 0 Å². The number of fused-ring (bicyclic) bond motifs is 9. The minimum absolute atomic E-state index is 0.0799. The lowest BCUT2D eigenvalue weighted by molar-refractivity contribution is 0.661. The molecule has 0 N–H and O–H groups in total. The van der Waals surface area contributed by atoms with E-state index in [1.165, 1.54) is 60.4 Å². The molecule has 3 heterocycles. The third-order valence-electron chi connectivity index (χ3n) is 13.6. The third kappa shape index (κ3) is 5.82. The number of hydrogen-bond donors (Lipinski definition) is 0. The molecule has 9 aromatic carbocycles. The van der Waals surface area contributed by atoms with E-state index in [-0.39, 0.29) is 5.41 Å². The maximum absolute atomic E-state index is 5.24. The highest BCUT2D eigenvalue weighted by molar-refractivity contribution is 6.12. The van der Waals surface area contributed by atoms with E-state index in [2.05, 4.69) is 229 Å². The molecule has 65 heavy (non-hydrogen) atoms. The molecule has 5 nitrogen and oxygen atoms in total. The van der Waals surface area contributed by atoms with Crippen LogP contribution in [0.15, 0.2) is 212 Å². The van der Waals surface area contributed by atoms with E-state index in [4.69, 9.17) is 15.0 Å². The summed E-state index contributed by atoms with van der Waals surface area (Å²) in [6.45, 7) is 4.70. The number of hydrogen-bond acceptors (Lipinski definition) is 3. The Morgan fingerprint density at radius 2 is 0.785 bits per heavy atom. The summed E-state index contributed by atoms with van der Waals surface area (Å²) >= 11 is 0. The van der Waals surface area contributed by atoms with Crippen molar-refractivity contribution in [3.05, 3.63) is 223 Å². The van der Waals surface area contributed by atoms with Crippen LogP contribution in [0.3, 0.4) is 0 Å². The van der Waals surface area contributed by atoms with Gasteiger partial charge in [-0.05, 0) is 100 Å². The van der Waals surface area contributed by atoms with Gasteiger partial charge >= 0.3 is 0 Å². The molecule has 0 atom stereocenters. The van der Waals surface area contributed by atoms with E-state index in [1.807, 2.05) is 6.07 Å².